The van der Waals surface area contributed by atoms with Gasteiger partial charge in [0, 0.05) is 17.8 Å². The van der Waals surface area contributed by atoms with Gasteiger partial charge in [0.1, 0.15) is 5.82 Å². The zero-order chi connectivity index (χ0) is 16.0. The molecule has 116 valence electrons. The zero-order valence-electron chi connectivity index (χ0n) is 12.5. The average Bonchev–Trinajstić information content (AvgIpc) is 2.40. The van der Waals surface area contributed by atoms with Gasteiger partial charge in [0.05, 0.1) is 16.9 Å². The smallest absolute Gasteiger partial charge is 0.306 e. The number of rotatable bonds is 8. The number of aliphatic carboxylic acids is 1. The van der Waals surface area contributed by atoms with E-state index in [-0.39, 0.29) is 17.6 Å². The van der Waals surface area contributed by atoms with Crippen molar-refractivity contribution in [2.24, 2.45) is 5.92 Å². The van der Waals surface area contributed by atoms with Gasteiger partial charge in [-0.15, -0.1) is 0 Å². The Morgan fingerprint density at radius 3 is 2.71 bits per heavy atom. The summed E-state index contributed by atoms with van der Waals surface area (Å²) in [7, 11) is 0. The second-order valence-electron chi connectivity index (χ2n) is 5.33. The predicted octanol–water partition coefficient (Wildman–Crippen LogP) is 2.99. The van der Waals surface area contributed by atoms with Gasteiger partial charge in [-0.05, 0) is 26.7 Å². The second-order valence-corrected chi connectivity index (χ2v) is 5.33. The molecule has 0 aliphatic carbocycles. The van der Waals surface area contributed by atoms with Crippen molar-refractivity contribution in [1.82, 2.24) is 4.98 Å². The van der Waals surface area contributed by atoms with Crippen LogP contribution < -0.4 is 5.32 Å². The summed E-state index contributed by atoms with van der Waals surface area (Å²) in [4.78, 5) is 25.3. The molecule has 0 radical (unpaired) electrons. The summed E-state index contributed by atoms with van der Waals surface area (Å²) < 4.78 is 0. The highest BCUT2D eigenvalue weighted by Crippen LogP contribution is 2.21. The molecule has 1 aromatic rings. The largest absolute Gasteiger partial charge is 0.481 e. The summed E-state index contributed by atoms with van der Waals surface area (Å²) in [6, 6.07) is 1.49. The van der Waals surface area contributed by atoms with Crippen LogP contribution in [0.25, 0.3) is 0 Å². The molecule has 1 aromatic heterocycles. The number of aryl methyl sites for hydroxylation is 1. The number of carboxylic acid groups (broad SMARTS) is 1. The molecule has 1 heterocycles. The van der Waals surface area contributed by atoms with E-state index in [1.54, 1.807) is 13.8 Å². The third kappa shape index (κ3) is 5.37. The molecule has 0 bridgehead atoms. The molecule has 0 saturated carbocycles. The Balaban J connectivity index is 2.51. The van der Waals surface area contributed by atoms with Gasteiger partial charge in [-0.1, -0.05) is 13.3 Å². The standard InChI is InChI=1S/C14H21N3O4/c1-9(14(18)19)5-4-6-11(3)16-13-7-12(17(20)21)10(2)8-15-13/h7-9,11H,4-6H2,1-3H3,(H,15,16)(H,18,19). The molecule has 2 N–H and O–H groups in total. The third-order valence-corrected chi connectivity index (χ3v) is 3.36. The Hall–Kier alpha value is -2.18. The number of pyridine rings is 1. The van der Waals surface area contributed by atoms with Crippen LogP contribution in [0.4, 0.5) is 11.5 Å². The van der Waals surface area contributed by atoms with Gasteiger partial charge in [0.15, 0.2) is 0 Å². The number of hydrogen-bond donors (Lipinski definition) is 2. The molecule has 0 aliphatic rings. The van der Waals surface area contributed by atoms with Crippen LogP contribution in [0.3, 0.4) is 0 Å². The maximum absolute atomic E-state index is 10.9. The summed E-state index contributed by atoms with van der Waals surface area (Å²) in [6.45, 7) is 5.27. The molecule has 21 heavy (non-hydrogen) atoms. The van der Waals surface area contributed by atoms with Crippen LogP contribution in [0.1, 0.15) is 38.7 Å². The fraction of sp³-hybridized carbons (Fsp3) is 0.571. The van der Waals surface area contributed by atoms with Crippen LogP contribution in [-0.4, -0.2) is 27.0 Å². The lowest BCUT2D eigenvalue weighted by molar-refractivity contribution is -0.385. The minimum Gasteiger partial charge on any atom is -0.481 e. The van der Waals surface area contributed by atoms with Gasteiger partial charge in [0.25, 0.3) is 5.69 Å². The minimum absolute atomic E-state index is 0.0409. The first-order valence-electron chi connectivity index (χ1n) is 6.91. The highest BCUT2D eigenvalue weighted by atomic mass is 16.6. The minimum atomic E-state index is -0.786. The lowest BCUT2D eigenvalue weighted by Gasteiger charge is -2.15. The fourth-order valence-corrected chi connectivity index (χ4v) is 1.97. The van der Waals surface area contributed by atoms with Crippen molar-refractivity contribution in [3.05, 3.63) is 27.9 Å². The Morgan fingerprint density at radius 2 is 2.14 bits per heavy atom. The van der Waals surface area contributed by atoms with Crippen molar-refractivity contribution in [2.45, 2.75) is 46.1 Å². The summed E-state index contributed by atoms with van der Waals surface area (Å²) >= 11 is 0. The maximum atomic E-state index is 10.9. The van der Waals surface area contributed by atoms with Crippen molar-refractivity contribution >= 4 is 17.5 Å². The van der Waals surface area contributed by atoms with E-state index < -0.39 is 10.9 Å². The van der Waals surface area contributed by atoms with E-state index in [1.807, 2.05) is 6.92 Å². The number of nitro groups is 1. The highest BCUT2D eigenvalue weighted by Gasteiger charge is 2.14. The van der Waals surface area contributed by atoms with E-state index in [1.165, 1.54) is 12.3 Å². The second kappa shape index (κ2) is 7.56. The average molecular weight is 295 g/mol. The highest BCUT2D eigenvalue weighted by molar-refractivity contribution is 5.69. The van der Waals surface area contributed by atoms with Crippen molar-refractivity contribution in [1.29, 1.82) is 0 Å². The molecule has 0 aromatic carbocycles. The van der Waals surface area contributed by atoms with E-state index >= 15 is 0 Å². The fourth-order valence-electron chi connectivity index (χ4n) is 1.97. The first-order valence-corrected chi connectivity index (χ1v) is 6.91. The Morgan fingerprint density at radius 1 is 1.48 bits per heavy atom. The van der Waals surface area contributed by atoms with Gasteiger partial charge >= 0.3 is 5.97 Å². The van der Waals surface area contributed by atoms with Gasteiger partial charge in [-0.25, -0.2) is 4.98 Å². The van der Waals surface area contributed by atoms with Gasteiger partial charge in [-0.2, -0.15) is 0 Å². The van der Waals surface area contributed by atoms with Crippen LogP contribution in [-0.2, 0) is 4.79 Å². The van der Waals surface area contributed by atoms with Gasteiger partial charge < -0.3 is 10.4 Å². The molecule has 0 amide bonds. The number of hydrogen-bond acceptors (Lipinski definition) is 5. The lowest BCUT2D eigenvalue weighted by Crippen LogP contribution is -2.17. The van der Waals surface area contributed by atoms with Crippen molar-refractivity contribution in [2.75, 3.05) is 5.32 Å². The topological polar surface area (TPSA) is 105 Å². The molecule has 2 unspecified atom stereocenters. The molecule has 7 heteroatoms. The lowest BCUT2D eigenvalue weighted by atomic mass is 10.0. The zero-order valence-corrected chi connectivity index (χ0v) is 12.5. The Kier molecular flexibility index (Phi) is 6.08. The maximum Gasteiger partial charge on any atom is 0.306 e. The molecular formula is C14H21N3O4. The van der Waals surface area contributed by atoms with Crippen molar-refractivity contribution in [3.8, 4) is 0 Å². The first-order chi connectivity index (χ1) is 9.81. The van der Waals surface area contributed by atoms with E-state index in [4.69, 9.17) is 5.11 Å². The molecule has 1 rings (SSSR count). The van der Waals surface area contributed by atoms with Crippen LogP contribution in [0.2, 0.25) is 0 Å². The van der Waals surface area contributed by atoms with E-state index in [0.29, 0.717) is 17.8 Å². The van der Waals surface area contributed by atoms with E-state index in [2.05, 4.69) is 10.3 Å². The SMILES string of the molecule is Cc1cnc(NC(C)CCCC(C)C(=O)O)cc1[N+](=O)[O-]. The first kappa shape index (κ1) is 16.9. The van der Waals surface area contributed by atoms with Gasteiger partial charge in [0.2, 0.25) is 0 Å². The molecule has 0 fully saturated rings. The molecular weight excluding hydrogens is 274 g/mol. The number of anilines is 1. The summed E-state index contributed by atoms with van der Waals surface area (Å²) in [5.74, 6) is -0.673. The number of carboxylic acids is 1. The molecule has 0 spiro atoms. The molecule has 2 atom stereocenters. The quantitative estimate of drug-likeness (QED) is 0.564. The number of nitrogens with one attached hydrogen (secondary N) is 1. The third-order valence-electron chi connectivity index (χ3n) is 3.36. The molecule has 7 nitrogen and oxygen atoms in total. The Labute approximate surface area is 123 Å². The van der Waals surface area contributed by atoms with Crippen molar-refractivity contribution < 1.29 is 14.8 Å². The van der Waals surface area contributed by atoms with Crippen LogP contribution in [0.15, 0.2) is 12.3 Å². The van der Waals surface area contributed by atoms with E-state index in [0.717, 1.165) is 12.8 Å². The van der Waals surface area contributed by atoms with Crippen LogP contribution in [0.5, 0.6) is 0 Å². The monoisotopic (exact) mass is 295 g/mol. The van der Waals surface area contributed by atoms with Crippen LogP contribution >= 0.6 is 0 Å². The van der Waals surface area contributed by atoms with Crippen LogP contribution in [0, 0.1) is 23.0 Å². The molecule has 0 saturated heterocycles. The summed E-state index contributed by atoms with van der Waals surface area (Å²) in [5, 5.41) is 22.8. The van der Waals surface area contributed by atoms with Crippen molar-refractivity contribution in [3.63, 3.8) is 0 Å². The number of carbonyl (C=O) groups is 1. The predicted molar refractivity (Wildman–Crippen MR) is 79.4 cm³/mol. The number of nitrogens with zero attached hydrogens (tertiary/aromatic N) is 2. The number of aromatic nitrogens is 1. The Bertz CT molecular complexity index is 519. The normalized spacial score (nSPS) is 13.5. The van der Waals surface area contributed by atoms with E-state index in [9.17, 15) is 14.9 Å². The summed E-state index contributed by atoms with van der Waals surface area (Å²) in [5.41, 5.74) is 0.563. The summed E-state index contributed by atoms with van der Waals surface area (Å²) in [6.07, 6.45) is 3.64. The molecule has 0 aliphatic heterocycles. The van der Waals surface area contributed by atoms with Gasteiger partial charge in [-0.3, -0.25) is 14.9 Å².